The first-order valence-electron chi connectivity index (χ1n) is 6.55. The number of amides is 1. The summed E-state index contributed by atoms with van der Waals surface area (Å²) >= 11 is 4.61. The van der Waals surface area contributed by atoms with E-state index < -0.39 is 0 Å². The van der Waals surface area contributed by atoms with Crippen LogP contribution >= 0.6 is 27.7 Å². The van der Waals surface area contributed by atoms with E-state index in [2.05, 4.69) is 20.9 Å². The average molecular weight is 369 g/mol. The number of rotatable bonds is 1. The Hall–Kier alpha value is -1.15. The third kappa shape index (κ3) is 3.37. The van der Waals surface area contributed by atoms with Gasteiger partial charge in [-0.3, -0.25) is 9.69 Å². The molecule has 0 aliphatic carbocycles. The highest BCUT2D eigenvalue weighted by molar-refractivity contribution is 9.10. The molecule has 110 valence electrons. The number of amidine groups is 1. The van der Waals surface area contributed by atoms with Crippen LogP contribution in [0.5, 0.6) is 5.75 Å². The smallest absolute Gasteiger partial charge is 0.289 e. The van der Waals surface area contributed by atoms with E-state index in [0.717, 1.165) is 23.8 Å². The van der Waals surface area contributed by atoms with Crippen molar-refractivity contribution < 1.29 is 19.5 Å². The lowest BCUT2D eigenvalue weighted by molar-refractivity contribution is -0.812. The third-order valence-electron chi connectivity index (χ3n) is 3.27. The quantitative estimate of drug-likeness (QED) is 0.729. The predicted molar refractivity (Wildman–Crippen MR) is 83.1 cm³/mol. The third-order valence-corrected chi connectivity index (χ3v) is 4.98. The van der Waals surface area contributed by atoms with Gasteiger partial charge in [-0.05, 0) is 29.5 Å². The zero-order valence-corrected chi connectivity index (χ0v) is 13.5. The predicted octanol–water partition coefficient (Wildman–Crippen LogP) is 0.408. The topological polar surface area (TPSA) is 66.2 Å². The minimum atomic E-state index is -0.212. The number of thioether (sulfide) groups is 1. The van der Waals surface area contributed by atoms with Crippen molar-refractivity contribution in [3.05, 3.63) is 33.1 Å². The normalized spacial score (nSPS) is 21.9. The summed E-state index contributed by atoms with van der Waals surface area (Å²) in [6.45, 7) is 3.06. The molecule has 1 aromatic rings. The number of aliphatic imine (C=N–C) groups is 1. The van der Waals surface area contributed by atoms with Gasteiger partial charge in [0, 0.05) is 4.47 Å². The van der Waals surface area contributed by atoms with Gasteiger partial charge in [0.15, 0.2) is 0 Å². The Labute approximate surface area is 134 Å². The second-order valence-electron chi connectivity index (χ2n) is 4.74. The molecule has 21 heavy (non-hydrogen) atoms. The molecular weight excluding hydrogens is 356 g/mol. The van der Waals surface area contributed by atoms with Gasteiger partial charge < -0.3 is 9.84 Å². The van der Waals surface area contributed by atoms with Gasteiger partial charge in [-0.25, -0.2) is 0 Å². The Morgan fingerprint density at radius 3 is 2.86 bits per heavy atom. The largest absolute Gasteiger partial charge is 0.872 e. The Morgan fingerprint density at radius 1 is 1.38 bits per heavy atom. The van der Waals surface area contributed by atoms with Gasteiger partial charge in [0.2, 0.25) is 0 Å². The summed E-state index contributed by atoms with van der Waals surface area (Å²) in [5, 5.41) is 12.2. The molecule has 1 fully saturated rings. The maximum Gasteiger partial charge on any atom is 0.289 e. The van der Waals surface area contributed by atoms with E-state index in [1.807, 2.05) is 0 Å². The van der Waals surface area contributed by atoms with Crippen LogP contribution in [0.3, 0.4) is 0 Å². The molecule has 1 N–H and O–H groups in total. The fourth-order valence-electron chi connectivity index (χ4n) is 2.15. The van der Waals surface area contributed by atoms with Crippen molar-refractivity contribution in [3.8, 4) is 5.75 Å². The summed E-state index contributed by atoms with van der Waals surface area (Å²) in [6.07, 6.45) is 1.77. The monoisotopic (exact) mass is 368 g/mol. The number of hydrogen-bond donors (Lipinski definition) is 1. The van der Waals surface area contributed by atoms with Crippen LogP contribution in [-0.4, -0.2) is 37.4 Å². The number of halogens is 1. The summed E-state index contributed by atoms with van der Waals surface area (Å²) in [5.41, 5.74) is 0.811. The number of benzene rings is 1. The van der Waals surface area contributed by atoms with Crippen LogP contribution in [0.2, 0.25) is 0 Å². The highest BCUT2D eigenvalue weighted by atomic mass is 79.9. The Kier molecular flexibility index (Phi) is 4.44. The first kappa shape index (κ1) is 14.8. The Balaban J connectivity index is 1.77. The van der Waals surface area contributed by atoms with E-state index in [-0.39, 0.29) is 11.7 Å². The molecule has 0 radical (unpaired) electrons. The van der Waals surface area contributed by atoms with Crippen molar-refractivity contribution in [1.82, 2.24) is 0 Å². The van der Waals surface area contributed by atoms with Crippen molar-refractivity contribution in [1.29, 1.82) is 0 Å². The number of nitrogens with one attached hydrogen (secondary N) is 1. The Morgan fingerprint density at radius 2 is 2.14 bits per heavy atom. The minimum absolute atomic E-state index is 0.0720. The number of ether oxygens (including phenoxy) is 1. The van der Waals surface area contributed by atoms with Gasteiger partial charge in [-0.2, -0.15) is 0 Å². The lowest BCUT2D eigenvalue weighted by Crippen LogP contribution is -3.15. The number of quaternary nitrogens is 1. The van der Waals surface area contributed by atoms with Crippen molar-refractivity contribution in [3.63, 3.8) is 0 Å². The summed E-state index contributed by atoms with van der Waals surface area (Å²) in [7, 11) is 0. The molecule has 0 aromatic heterocycles. The highest BCUT2D eigenvalue weighted by Crippen LogP contribution is 2.28. The molecule has 1 amide bonds. The fraction of sp³-hybridized carbons (Fsp3) is 0.286. The molecule has 3 rings (SSSR count). The van der Waals surface area contributed by atoms with E-state index in [4.69, 9.17) is 4.74 Å². The Bertz CT molecular complexity index is 639. The minimum Gasteiger partial charge on any atom is -0.872 e. The van der Waals surface area contributed by atoms with Gasteiger partial charge in [0.25, 0.3) is 11.1 Å². The molecule has 1 saturated heterocycles. The molecule has 5 nitrogen and oxygen atoms in total. The number of hydrogen-bond acceptors (Lipinski definition) is 4. The maximum absolute atomic E-state index is 12.0. The molecule has 2 aliphatic rings. The average Bonchev–Trinajstić information content (AvgIpc) is 2.85. The molecule has 0 unspecified atom stereocenters. The summed E-state index contributed by atoms with van der Waals surface area (Å²) in [6, 6.07) is 4.89. The van der Waals surface area contributed by atoms with E-state index in [1.54, 1.807) is 18.2 Å². The fourth-order valence-corrected chi connectivity index (χ4v) is 3.56. The molecule has 0 bridgehead atoms. The zero-order valence-electron chi connectivity index (χ0n) is 11.1. The zero-order chi connectivity index (χ0) is 14.8. The number of morpholine rings is 1. The first-order valence-corrected chi connectivity index (χ1v) is 8.16. The molecular formula is C14H13BrN2O3S. The lowest BCUT2D eigenvalue weighted by atomic mass is 10.2. The van der Waals surface area contributed by atoms with Crippen molar-refractivity contribution in [2.75, 3.05) is 26.3 Å². The number of carbonyl (C=O) groups excluding carboxylic acids is 1. The molecule has 0 saturated carbocycles. The van der Waals surface area contributed by atoms with Crippen LogP contribution < -0.4 is 10.0 Å². The lowest BCUT2D eigenvalue weighted by Gasteiger charge is -2.21. The van der Waals surface area contributed by atoms with Crippen LogP contribution in [0, 0.1) is 0 Å². The van der Waals surface area contributed by atoms with Crippen molar-refractivity contribution in [2.24, 2.45) is 4.99 Å². The molecule has 2 aliphatic heterocycles. The molecule has 0 spiro atoms. The van der Waals surface area contributed by atoms with Crippen molar-refractivity contribution in [2.45, 2.75) is 0 Å². The van der Waals surface area contributed by atoms with Gasteiger partial charge >= 0.3 is 0 Å². The SMILES string of the molecule is O=C1N=C([NH+]2CCOCC2)SC1=Cc1ccc([O-])c(Br)c1. The summed E-state index contributed by atoms with van der Waals surface area (Å²) in [4.78, 5) is 17.9. The molecule has 2 heterocycles. The van der Waals surface area contributed by atoms with E-state index in [1.165, 1.54) is 22.7 Å². The maximum atomic E-state index is 12.0. The highest BCUT2D eigenvalue weighted by Gasteiger charge is 2.31. The second kappa shape index (κ2) is 6.31. The van der Waals surface area contributed by atoms with Gasteiger partial charge in [0.05, 0.1) is 18.1 Å². The van der Waals surface area contributed by atoms with Crippen LogP contribution in [0.25, 0.3) is 6.08 Å². The van der Waals surface area contributed by atoms with E-state index >= 15 is 0 Å². The number of carbonyl (C=O) groups is 1. The number of nitrogens with zero attached hydrogens (tertiary/aromatic N) is 1. The first-order chi connectivity index (χ1) is 10.1. The van der Waals surface area contributed by atoms with E-state index in [9.17, 15) is 9.90 Å². The molecule has 0 atom stereocenters. The van der Waals surface area contributed by atoms with E-state index in [0.29, 0.717) is 22.6 Å². The van der Waals surface area contributed by atoms with Gasteiger partial charge in [-0.1, -0.05) is 33.8 Å². The van der Waals surface area contributed by atoms with Crippen LogP contribution in [0.1, 0.15) is 5.56 Å². The molecule has 1 aromatic carbocycles. The van der Waals surface area contributed by atoms with Crippen LogP contribution in [0.4, 0.5) is 0 Å². The second-order valence-corrected chi connectivity index (χ2v) is 6.62. The van der Waals surface area contributed by atoms with Gasteiger partial charge in [0.1, 0.15) is 13.1 Å². The summed E-state index contributed by atoms with van der Waals surface area (Å²) < 4.78 is 5.81. The van der Waals surface area contributed by atoms with Crippen LogP contribution in [-0.2, 0) is 9.53 Å². The van der Waals surface area contributed by atoms with Crippen LogP contribution in [0.15, 0.2) is 32.6 Å². The van der Waals surface area contributed by atoms with Crippen molar-refractivity contribution >= 4 is 44.8 Å². The van der Waals surface area contributed by atoms with Gasteiger partial charge in [-0.15, -0.1) is 4.99 Å². The summed E-state index contributed by atoms with van der Waals surface area (Å²) in [5.74, 6) is -0.284. The molecule has 7 heteroatoms. The standard InChI is InChI=1S/C14H13BrN2O3S/c15-10-7-9(1-2-11(10)18)8-12-13(19)16-14(21-12)17-3-5-20-6-4-17/h1-2,7-8,18H,3-6H2.